The summed E-state index contributed by atoms with van der Waals surface area (Å²) >= 11 is 0. The average Bonchev–Trinajstić information content (AvgIpc) is 3.28. The molecule has 0 bridgehead atoms. The second-order valence-corrected chi connectivity index (χ2v) is 6.38. The highest BCUT2D eigenvalue weighted by atomic mass is 35.5. The Bertz CT molecular complexity index is 1070. The Kier molecular flexibility index (Phi) is 4.59. The first-order chi connectivity index (χ1) is 12.8. The first-order valence-electron chi connectivity index (χ1n) is 8.59. The molecule has 0 atom stereocenters. The first kappa shape index (κ1) is 17.6. The zero-order valence-corrected chi connectivity index (χ0v) is 15.5. The summed E-state index contributed by atoms with van der Waals surface area (Å²) < 4.78 is 5.46. The highest BCUT2D eigenvalue weighted by Crippen LogP contribution is 2.28. The van der Waals surface area contributed by atoms with E-state index in [0.717, 1.165) is 41.8 Å². The number of fused-ring (bicyclic) bond motifs is 2. The van der Waals surface area contributed by atoms with Gasteiger partial charge in [-0.1, -0.05) is 17.3 Å². The van der Waals surface area contributed by atoms with Crippen LogP contribution in [-0.4, -0.2) is 36.7 Å². The van der Waals surface area contributed by atoms with Crippen molar-refractivity contribution in [1.29, 1.82) is 0 Å². The fourth-order valence-corrected chi connectivity index (χ4v) is 3.38. The second kappa shape index (κ2) is 7.05. The van der Waals surface area contributed by atoms with Crippen LogP contribution in [0.25, 0.3) is 22.4 Å². The van der Waals surface area contributed by atoms with E-state index in [2.05, 4.69) is 30.6 Å². The van der Waals surface area contributed by atoms with Crippen LogP contribution in [0, 0.1) is 6.92 Å². The van der Waals surface area contributed by atoms with Crippen LogP contribution in [0.15, 0.2) is 35.0 Å². The van der Waals surface area contributed by atoms with Gasteiger partial charge in [0, 0.05) is 24.0 Å². The SMILES string of the molecule is Cc1ncc2c(c1-c1noc(Cn3nc4ccccc4n3)n1)CCNC2.Cl. The van der Waals surface area contributed by atoms with Gasteiger partial charge in [0.1, 0.15) is 17.6 Å². The molecule has 138 valence electrons. The average molecular weight is 384 g/mol. The lowest BCUT2D eigenvalue weighted by atomic mass is 9.95. The van der Waals surface area contributed by atoms with Gasteiger partial charge in [0.15, 0.2) is 0 Å². The standard InChI is InChI=1S/C18H17N7O.ClH/c1-11-17(13-6-7-19-8-12(13)9-20-11)18-21-16(26-24-18)10-25-22-14-4-2-3-5-15(14)23-25;/h2-5,9,19H,6-8,10H2,1H3;1H. The Morgan fingerprint density at radius 1 is 1.19 bits per heavy atom. The minimum Gasteiger partial charge on any atom is -0.337 e. The van der Waals surface area contributed by atoms with Crippen molar-refractivity contribution in [2.24, 2.45) is 0 Å². The lowest BCUT2D eigenvalue weighted by Crippen LogP contribution is -2.24. The van der Waals surface area contributed by atoms with Gasteiger partial charge in [0.25, 0.3) is 5.89 Å². The van der Waals surface area contributed by atoms with Crippen molar-refractivity contribution in [3.63, 3.8) is 0 Å². The molecular formula is C18H18ClN7O. The predicted molar refractivity (Wildman–Crippen MR) is 102 cm³/mol. The molecule has 0 unspecified atom stereocenters. The molecule has 1 aromatic carbocycles. The van der Waals surface area contributed by atoms with Gasteiger partial charge in [-0.25, -0.2) is 0 Å². The number of hydrogen-bond acceptors (Lipinski definition) is 7. The number of pyridine rings is 1. The lowest BCUT2D eigenvalue weighted by molar-refractivity contribution is 0.359. The molecule has 0 saturated carbocycles. The van der Waals surface area contributed by atoms with E-state index in [0.29, 0.717) is 18.3 Å². The molecule has 0 fully saturated rings. The Morgan fingerprint density at radius 3 is 2.74 bits per heavy atom. The summed E-state index contributed by atoms with van der Waals surface area (Å²) in [5.74, 6) is 1.06. The maximum Gasteiger partial charge on any atom is 0.250 e. The van der Waals surface area contributed by atoms with Crippen molar-refractivity contribution in [3.05, 3.63) is 53.2 Å². The minimum atomic E-state index is 0. The fraction of sp³-hybridized carbons (Fsp3) is 0.278. The summed E-state index contributed by atoms with van der Waals surface area (Å²) in [4.78, 5) is 10.7. The van der Waals surface area contributed by atoms with Gasteiger partial charge in [-0.3, -0.25) is 4.98 Å². The zero-order chi connectivity index (χ0) is 17.5. The summed E-state index contributed by atoms with van der Waals surface area (Å²) in [6.07, 6.45) is 2.87. The maximum absolute atomic E-state index is 5.46. The van der Waals surface area contributed by atoms with E-state index in [1.54, 1.807) is 4.80 Å². The largest absolute Gasteiger partial charge is 0.337 e. The van der Waals surface area contributed by atoms with Crippen LogP contribution in [0.1, 0.15) is 22.7 Å². The van der Waals surface area contributed by atoms with E-state index in [-0.39, 0.29) is 12.4 Å². The van der Waals surface area contributed by atoms with Crippen LogP contribution in [0.2, 0.25) is 0 Å². The molecule has 1 aliphatic rings. The van der Waals surface area contributed by atoms with Crippen LogP contribution in [0.4, 0.5) is 0 Å². The van der Waals surface area contributed by atoms with Gasteiger partial charge < -0.3 is 9.84 Å². The molecule has 5 rings (SSSR count). The van der Waals surface area contributed by atoms with E-state index in [4.69, 9.17) is 4.52 Å². The molecule has 1 aliphatic heterocycles. The van der Waals surface area contributed by atoms with Crippen molar-refractivity contribution >= 4 is 23.4 Å². The molecule has 0 aliphatic carbocycles. The lowest BCUT2D eigenvalue weighted by Gasteiger charge is -2.19. The number of nitrogens with one attached hydrogen (secondary N) is 1. The molecule has 0 spiro atoms. The summed E-state index contributed by atoms with van der Waals surface area (Å²) in [6, 6.07) is 7.74. The van der Waals surface area contributed by atoms with Crippen molar-refractivity contribution in [2.75, 3.05) is 6.54 Å². The van der Waals surface area contributed by atoms with E-state index in [9.17, 15) is 0 Å². The van der Waals surface area contributed by atoms with Crippen LogP contribution >= 0.6 is 12.4 Å². The predicted octanol–water partition coefficient (Wildman–Crippen LogP) is 2.30. The molecule has 3 aromatic heterocycles. The Balaban J connectivity index is 0.00000180. The first-order valence-corrected chi connectivity index (χ1v) is 8.59. The van der Waals surface area contributed by atoms with Gasteiger partial charge in [0.2, 0.25) is 5.82 Å². The molecule has 0 saturated heterocycles. The highest BCUT2D eigenvalue weighted by molar-refractivity contribution is 5.85. The number of rotatable bonds is 3. The van der Waals surface area contributed by atoms with Gasteiger partial charge in [-0.05, 0) is 43.1 Å². The minimum absolute atomic E-state index is 0. The van der Waals surface area contributed by atoms with Crippen molar-refractivity contribution < 1.29 is 4.52 Å². The van der Waals surface area contributed by atoms with Gasteiger partial charge >= 0.3 is 0 Å². The third-order valence-electron chi connectivity index (χ3n) is 4.63. The van der Waals surface area contributed by atoms with Gasteiger partial charge in [-0.15, -0.1) is 12.4 Å². The topological polar surface area (TPSA) is 94.5 Å². The Morgan fingerprint density at radius 2 is 1.96 bits per heavy atom. The maximum atomic E-state index is 5.46. The fourth-order valence-electron chi connectivity index (χ4n) is 3.38. The third-order valence-corrected chi connectivity index (χ3v) is 4.63. The van der Waals surface area contributed by atoms with E-state index < -0.39 is 0 Å². The number of benzene rings is 1. The second-order valence-electron chi connectivity index (χ2n) is 6.38. The van der Waals surface area contributed by atoms with Crippen LogP contribution in [0.3, 0.4) is 0 Å². The van der Waals surface area contributed by atoms with Crippen LogP contribution < -0.4 is 5.32 Å². The van der Waals surface area contributed by atoms with Crippen molar-refractivity contribution in [2.45, 2.75) is 26.4 Å². The number of nitrogens with zero attached hydrogens (tertiary/aromatic N) is 6. The zero-order valence-electron chi connectivity index (χ0n) is 14.7. The molecule has 0 amide bonds. The Labute approximate surface area is 161 Å². The molecule has 27 heavy (non-hydrogen) atoms. The molecule has 8 nitrogen and oxygen atoms in total. The summed E-state index contributed by atoms with van der Waals surface area (Å²) in [6.45, 7) is 4.09. The van der Waals surface area contributed by atoms with E-state index >= 15 is 0 Å². The van der Waals surface area contributed by atoms with E-state index in [1.165, 1.54) is 11.1 Å². The molecule has 9 heteroatoms. The monoisotopic (exact) mass is 383 g/mol. The summed E-state index contributed by atoms with van der Waals surface area (Å²) in [7, 11) is 0. The third kappa shape index (κ3) is 3.17. The quantitative estimate of drug-likeness (QED) is 0.580. The summed E-state index contributed by atoms with van der Waals surface area (Å²) in [5.41, 5.74) is 6.04. The molecule has 1 N–H and O–H groups in total. The highest BCUT2D eigenvalue weighted by Gasteiger charge is 2.21. The summed E-state index contributed by atoms with van der Waals surface area (Å²) in [5, 5.41) is 16.4. The molecule has 0 radical (unpaired) electrons. The molecular weight excluding hydrogens is 366 g/mol. The van der Waals surface area contributed by atoms with Crippen molar-refractivity contribution in [1.82, 2.24) is 35.4 Å². The molecule has 4 aromatic rings. The van der Waals surface area contributed by atoms with Gasteiger partial charge in [-0.2, -0.15) is 20.0 Å². The smallest absolute Gasteiger partial charge is 0.250 e. The number of aromatic nitrogens is 6. The number of aryl methyl sites for hydroxylation is 1. The van der Waals surface area contributed by atoms with Crippen molar-refractivity contribution in [3.8, 4) is 11.4 Å². The Hall–Kier alpha value is -2.84. The number of hydrogen-bond donors (Lipinski definition) is 1. The van der Waals surface area contributed by atoms with E-state index in [1.807, 2.05) is 37.4 Å². The van der Waals surface area contributed by atoms with Crippen LogP contribution in [0.5, 0.6) is 0 Å². The number of halogens is 1. The van der Waals surface area contributed by atoms with Crippen LogP contribution in [-0.2, 0) is 19.5 Å². The molecule has 4 heterocycles. The van der Waals surface area contributed by atoms with Gasteiger partial charge in [0.05, 0.1) is 0 Å². The normalized spacial score (nSPS) is 13.4.